The van der Waals surface area contributed by atoms with Crippen molar-refractivity contribution in [3.63, 3.8) is 0 Å². The second-order valence-corrected chi connectivity index (χ2v) is 7.99. The fraction of sp³-hybridized carbons (Fsp3) is 0.650. The zero-order valence-electron chi connectivity index (χ0n) is 16.7. The van der Waals surface area contributed by atoms with Gasteiger partial charge in [0.2, 0.25) is 0 Å². The lowest BCUT2D eigenvalue weighted by Gasteiger charge is -2.22. The van der Waals surface area contributed by atoms with Crippen molar-refractivity contribution in [2.75, 3.05) is 26.7 Å². The van der Waals surface area contributed by atoms with Gasteiger partial charge >= 0.3 is 0 Å². The Morgan fingerprint density at radius 3 is 2.62 bits per heavy atom. The van der Waals surface area contributed by atoms with E-state index in [1.165, 1.54) is 18.9 Å². The van der Waals surface area contributed by atoms with Gasteiger partial charge in [-0.25, -0.2) is 4.39 Å². The van der Waals surface area contributed by atoms with E-state index in [2.05, 4.69) is 41.7 Å². The molecule has 6 heteroatoms. The minimum absolute atomic E-state index is 0.0660. The number of benzene rings is 1. The molecule has 0 heterocycles. The third kappa shape index (κ3) is 7.20. The van der Waals surface area contributed by atoms with Crippen LogP contribution in [-0.4, -0.2) is 38.2 Å². The minimum Gasteiger partial charge on any atom is -0.490 e. The predicted octanol–water partition coefficient (Wildman–Crippen LogP) is 3.23. The van der Waals surface area contributed by atoms with Crippen molar-refractivity contribution in [1.29, 1.82) is 0 Å². The first kappa shape index (κ1) is 20.5. The van der Waals surface area contributed by atoms with Crippen molar-refractivity contribution < 1.29 is 9.13 Å². The van der Waals surface area contributed by atoms with Gasteiger partial charge in [-0.1, -0.05) is 6.07 Å². The summed E-state index contributed by atoms with van der Waals surface area (Å²) in [4.78, 5) is 4.23. The molecule has 26 heavy (non-hydrogen) atoms. The highest BCUT2D eigenvalue weighted by Crippen LogP contribution is 2.30. The molecule has 0 aromatic heterocycles. The Labute approximate surface area is 156 Å². The molecule has 1 aliphatic rings. The first-order valence-electron chi connectivity index (χ1n) is 9.43. The van der Waals surface area contributed by atoms with Gasteiger partial charge in [0, 0.05) is 25.7 Å². The maximum absolute atomic E-state index is 14.3. The number of aliphatic imine (C=N–C) groups is 1. The van der Waals surface area contributed by atoms with Crippen LogP contribution in [0.3, 0.4) is 0 Å². The molecule has 0 aliphatic heterocycles. The smallest absolute Gasteiger partial charge is 0.191 e. The van der Waals surface area contributed by atoms with Gasteiger partial charge in [0.15, 0.2) is 17.5 Å². The van der Waals surface area contributed by atoms with E-state index in [9.17, 15) is 4.39 Å². The summed E-state index contributed by atoms with van der Waals surface area (Å²) in [5, 5.41) is 9.97. The maximum Gasteiger partial charge on any atom is 0.191 e. The zero-order valence-corrected chi connectivity index (χ0v) is 16.7. The standard InChI is InChI=1S/C20H33FN4O/c1-14(25-19(22-5)23-10-11-24-20(2,3)4)16-8-9-18(17(21)12-16)26-13-15-6-7-15/h8-9,12,14-15,24H,6-7,10-11,13H2,1-5H3,(H2,22,23,25). The first-order valence-corrected chi connectivity index (χ1v) is 9.43. The molecule has 1 atom stereocenters. The van der Waals surface area contributed by atoms with Gasteiger partial charge in [-0.05, 0) is 64.2 Å². The highest BCUT2D eigenvalue weighted by Gasteiger charge is 2.22. The monoisotopic (exact) mass is 364 g/mol. The van der Waals surface area contributed by atoms with E-state index in [-0.39, 0.29) is 17.4 Å². The molecule has 0 saturated heterocycles. The average molecular weight is 365 g/mol. The Morgan fingerprint density at radius 1 is 1.31 bits per heavy atom. The molecule has 1 fully saturated rings. The summed E-state index contributed by atoms with van der Waals surface area (Å²) in [6, 6.07) is 5.09. The Kier molecular flexibility index (Phi) is 7.26. The topological polar surface area (TPSA) is 57.7 Å². The molecule has 5 nitrogen and oxygen atoms in total. The van der Waals surface area contributed by atoms with Gasteiger partial charge in [0.25, 0.3) is 0 Å². The molecule has 146 valence electrons. The Hall–Kier alpha value is -1.82. The Bertz CT molecular complexity index is 608. The van der Waals surface area contributed by atoms with Gasteiger partial charge in [-0.15, -0.1) is 0 Å². The summed E-state index contributed by atoms with van der Waals surface area (Å²) in [6.45, 7) is 10.6. The zero-order chi connectivity index (χ0) is 19.2. The normalized spacial score (nSPS) is 16.3. The number of rotatable bonds is 8. The molecule has 1 aromatic rings. The molecule has 0 spiro atoms. The molecule has 0 radical (unpaired) electrons. The van der Waals surface area contributed by atoms with Crippen LogP contribution in [0.2, 0.25) is 0 Å². The lowest BCUT2D eigenvalue weighted by molar-refractivity contribution is 0.285. The summed E-state index contributed by atoms with van der Waals surface area (Å²) in [5.41, 5.74) is 0.948. The summed E-state index contributed by atoms with van der Waals surface area (Å²) in [7, 11) is 1.73. The molecular weight excluding hydrogens is 331 g/mol. The van der Waals surface area contributed by atoms with E-state index in [0.29, 0.717) is 24.2 Å². The number of nitrogens with zero attached hydrogens (tertiary/aromatic N) is 1. The maximum atomic E-state index is 14.3. The van der Waals surface area contributed by atoms with Gasteiger partial charge in [0.05, 0.1) is 12.6 Å². The second kappa shape index (κ2) is 9.21. The minimum atomic E-state index is -0.311. The van der Waals surface area contributed by atoms with Gasteiger partial charge in [-0.3, -0.25) is 4.99 Å². The largest absolute Gasteiger partial charge is 0.490 e. The fourth-order valence-corrected chi connectivity index (χ4v) is 2.50. The van der Waals surface area contributed by atoms with Crippen LogP contribution in [0.25, 0.3) is 0 Å². The van der Waals surface area contributed by atoms with E-state index in [1.54, 1.807) is 13.1 Å². The number of halogens is 1. The summed E-state index contributed by atoms with van der Waals surface area (Å²) in [5.74, 6) is 1.33. The van der Waals surface area contributed by atoms with Crippen molar-refractivity contribution in [1.82, 2.24) is 16.0 Å². The van der Waals surface area contributed by atoms with Crippen LogP contribution in [0.5, 0.6) is 5.75 Å². The van der Waals surface area contributed by atoms with Crippen LogP contribution in [0.1, 0.15) is 52.1 Å². The van der Waals surface area contributed by atoms with Crippen LogP contribution >= 0.6 is 0 Å². The van der Waals surface area contributed by atoms with Crippen LogP contribution in [0.4, 0.5) is 4.39 Å². The van der Waals surface area contributed by atoms with Crippen molar-refractivity contribution in [3.8, 4) is 5.75 Å². The van der Waals surface area contributed by atoms with E-state index >= 15 is 0 Å². The number of guanidine groups is 1. The Balaban J connectivity index is 1.82. The molecule has 1 aliphatic carbocycles. The van der Waals surface area contributed by atoms with E-state index < -0.39 is 0 Å². The summed E-state index contributed by atoms with van der Waals surface area (Å²) < 4.78 is 19.8. The predicted molar refractivity (Wildman–Crippen MR) is 105 cm³/mol. The number of hydrogen-bond acceptors (Lipinski definition) is 3. The molecule has 1 unspecified atom stereocenters. The highest BCUT2D eigenvalue weighted by molar-refractivity contribution is 5.80. The first-order chi connectivity index (χ1) is 12.3. The van der Waals surface area contributed by atoms with Crippen LogP contribution < -0.4 is 20.7 Å². The molecular formula is C20H33FN4O. The molecule has 1 saturated carbocycles. The molecule has 2 rings (SSSR count). The lowest BCUT2D eigenvalue weighted by atomic mass is 10.1. The third-order valence-electron chi connectivity index (χ3n) is 4.28. The summed E-state index contributed by atoms with van der Waals surface area (Å²) >= 11 is 0. The van der Waals surface area contributed by atoms with E-state index in [4.69, 9.17) is 4.74 Å². The third-order valence-corrected chi connectivity index (χ3v) is 4.28. The second-order valence-electron chi connectivity index (χ2n) is 7.99. The molecule has 1 aromatic carbocycles. The highest BCUT2D eigenvalue weighted by atomic mass is 19.1. The molecule has 3 N–H and O–H groups in total. The van der Waals surface area contributed by atoms with E-state index in [0.717, 1.165) is 18.7 Å². The van der Waals surface area contributed by atoms with Gasteiger partial charge in [-0.2, -0.15) is 0 Å². The van der Waals surface area contributed by atoms with Gasteiger partial charge in [0.1, 0.15) is 0 Å². The summed E-state index contributed by atoms with van der Waals surface area (Å²) in [6.07, 6.45) is 2.39. The fourth-order valence-electron chi connectivity index (χ4n) is 2.50. The average Bonchev–Trinajstić information content (AvgIpc) is 3.39. The molecule has 0 amide bonds. The van der Waals surface area contributed by atoms with E-state index in [1.807, 2.05) is 13.0 Å². The number of hydrogen-bond donors (Lipinski definition) is 3. The van der Waals surface area contributed by atoms with Gasteiger partial charge < -0.3 is 20.7 Å². The quantitative estimate of drug-likeness (QED) is 0.377. The van der Waals surface area contributed by atoms with Crippen LogP contribution in [0, 0.1) is 11.7 Å². The van der Waals surface area contributed by atoms with Crippen molar-refractivity contribution >= 4 is 5.96 Å². The lowest BCUT2D eigenvalue weighted by Crippen LogP contribution is -2.45. The number of nitrogens with one attached hydrogen (secondary N) is 3. The number of ether oxygens (including phenoxy) is 1. The van der Waals surface area contributed by atoms with Crippen molar-refractivity contribution in [3.05, 3.63) is 29.6 Å². The van der Waals surface area contributed by atoms with Crippen LogP contribution in [0.15, 0.2) is 23.2 Å². The Morgan fingerprint density at radius 2 is 2.04 bits per heavy atom. The SMILES string of the molecule is CN=C(NCCNC(C)(C)C)NC(C)c1ccc(OCC2CC2)c(F)c1. The van der Waals surface area contributed by atoms with Crippen LogP contribution in [-0.2, 0) is 0 Å². The van der Waals surface area contributed by atoms with Crippen molar-refractivity contribution in [2.24, 2.45) is 10.9 Å². The molecule has 0 bridgehead atoms. The van der Waals surface area contributed by atoms with Crippen molar-refractivity contribution in [2.45, 2.75) is 52.1 Å².